The molecule has 43 heavy (non-hydrogen) atoms. The maximum Gasteiger partial charge on any atom is 0.294 e. The normalized spacial score (nSPS) is 12.6. The molecular formula is C26H21N5O9S3. The van der Waals surface area contributed by atoms with Gasteiger partial charge in [-0.05, 0) is 66.7 Å². The van der Waals surface area contributed by atoms with Gasteiger partial charge in [0.25, 0.3) is 30.4 Å². The summed E-state index contributed by atoms with van der Waals surface area (Å²) >= 11 is 0. The zero-order valence-electron chi connectivity index (χ0n) is 21.6. The molecule has 0 aliphatic rings. The maximum absolute atomic E-state index is 11.9. The Hall–Kier alpha value is -4.65. The summed E-state index contributed by atoms with van der Waals surface area (Å²) < 4.78 is 98.1. The molecule has 14 nitrogen and oxygen atoms in total. The number of nitrogens with two attached hydrogens (primary N) is 1. The topological polar surface area (TPSA) is 238 Å². The van der Waals surface area contributed by atoms with Crippen molar-refractivity contribution in [3.8, 4) is 0 Å². The minimum absolute atomic E-state index is 0.0884. The van der Waals surface area contributed by atoms with Crippen LogP contribution in [0.15, 0.2) is 110 Å². The minimum atomic E-state index is -4.59. The number of azo groups is 1. The number of nitrogen functional groups attached to an aromatic ring is 1. The van der Waals surface area contributed by atoms with E-state index in [1.54, 1.807) is 12.1 Å². The Morgan fingerprint density at radius 2 is 1.05 bits per heavy atom. The van der Waals surface area contributed by atoms with E-state index in [9.17, 15) is 38.9 Å². The number of benzene rings is 5. The van der Waals surface area contributed by atoms with Crippen LogP contribution >= 0.6 is 0 Å². The molecule has 0 heterocycles. The standard InChI is InChI=1S/C26H21N5O9S3/c27-23-8-9-24(19-6-4-17(13-21(19)23)42(35,36)37)30-31-25-10-11-26(22-14-18(43(38,39)40)5-7-20(22)25)29-28-15-2-1-3-16(12-15)41(32,33)34/h1-14,30-31H,27H2,(H,32,33,34)(H,35,36,37)(H,38,39,40)/b29-28+. The van der Waals surface area contributed by atoms with E-state index >= 15 is 0 Å². The zero-order valence-corrected chi connectivity index (χ0v) is 24.0. The fourth-order valence-electron chi connectivity index (χ4n) is 4.24. The van der Waals surface area contributed by atoms with Crippen molar-refractivity contribution in [2.45, 2.75) is 14.7 Å². The van der Waals surface area contributed by atoms with Gasteiger partial charge in [-0.1, -0.05) is 18.2 Å². The Bertz CT molecular complexity index is 2290. The van der Waals surface area contributed by atoms with Gasteiger partial charge in [0.1, 0.15) is 0 Å². The van der Waals surface area contributed by atoms with Crippen molar-refractivity contribution < 1.29 is 38.9 Å². The molecule has 0 spiro atoms. The van der Waals surface area contributed by atoms with E-state index in [1.165, 1.54) is 66.7 Å². The molecule has 5 aromatic rings. The monoisotopic (exact) mass is 643 g/mol. The molecule has 0 saturated heterocycles. The summed E-state index contributed by atoms with van der Waals surface area (Å²) in [5, 5.41) is 9.71. The second-order valence-electron chi connectivity index (χ2n) is 9.12. The molecule has 0 atom stereocenters. The fraction of sp³-hybridized carbons (Fsp3) is 0. The summed E-state index contributed by atoms with van der Waals surface area (Å²) in [6.07, 6.45) is 0. The average Bonchev–Trinajstić information content (AvgIpc) is 2.94. The summed E-state index contributed by atoms with van der Waals surface area (Å²) in [6.45, 7) is 0. The summed E-state index contributed by atoms with van der Waals surface area (Å²) in [5.74, 6) is 0. The molecule has 222 valence electrons. The molecule has 0 aromatic heterocycles. The first-order chi connectivity index (χ1) is 20.1. The molecule has 0 saturated carbocycles. The summed E-state index contributed by atoms with van der Waals surface area (Å²) in [5.41, 5.74) is 13.5. The predicted octanol–water partition coefficient (Wildman–Crippen LogP) is 5.17. The van der Waals surface area contributed by atoms with Gasteiger partial charge in [-0.25, -0.2) is 0 Å². The highest BCUT2D eigenvalue weighted by molar-refractivity contribution is 7.86. The zero-order chi connectivity index (χ0) is 31.2. The van der Waals surface area contributed by atoms with Crippen LogP contribution in [0.2, 0.25) is 0 Å². The van der Waals surface area contributed by atoms with E-state index in [1.807, 2.05) is 0 Å². The number of rotatable bonds is 8. The second-order valence-corrected chi connectivity index (χ2v) is 13.4. The number of hydrazine groups is 1. The lowest BCUT2D eigenvalue weighted by molar-refractivity contribution is 0.481. The summed E-state index contributed by atoms with van der Waals surface area (Å²) in [4.78, 5) is -1.13. The Morgan fingerprint density at radius 1 is 0.535 bits per heavy atom. The number of hydrogen-bond acceptors (Lipinski definition) is 11. The van der Waals surface area contributed by atoms with Crippen molar-refractivity contribution in [2.75, 3.05) is 16.6 Å². The van der Waals surface area contributed by atoms with Crippen LogP contribution in [-0.2, 0) is 30.4 Å². The summed E-state index contributed by atoms with van der Waals surface area (Å²) in [6, 6.07) is 19.1. The Morgan fingerprint density at radius 3 is 1.63 bits per heavy atom. The SMILES string of the molecule is Nc1ccc(NNc2ccc(/N=N/c3cccc(S(=O)(=O)O)c3)c3cc(S(=O)(=O)O)ccc23)c2ccc(S(=O)(=O)O)cc12. The van der Waals surface area contributed by atoms with Crippen molar-refractivity contribution in [1.82, 2.24) is 0 Å². The Labute approximate surface area is 245 Å². The molecule has 0 aliphatic carbocycles. The summed E-state index contributed by atoms with van der Waals surface area (Å²) in [7, 11) is -13.5. The van der Waals surface area contributed by atoms with Crippen LogP contribution in [-0.4, -0.2) is 38.9 Å². The van der Waals surface area contributed by atoms with Crippen LogP contribution in [0.1, 0.15) is 0 Å². The molecule has 17 heteroatoms. The number of nitrogens with one attached hydrogen (secondary N) is 2. The van der Waals surface area contributed by atoms with Gasteiger partial charge in [0.05, 0.1) is 37.4 Å². The highest BCUT2D eigenvalue weighted by Gasteiger charge is 2.16. The van der Waals surface area contributed by atoms with Crippen LogP contribution in [0.5, 0.6) is 0 Å². The van der Waals surface area contributed by atoms with Crippen molar-refractivity contribution in [1.29, 1.82) is 0 Å². The number of hydrogen-bond donors (Lipinski definition) is 6. The van der Waals surface area contributed by atoms with Gasteiger partial charge in [-0.15, -0.1) is 5.11 Å². The van der Waals surface area contributed by atoms with E-state index in [4.69, 9.17) is 5.73 Å². The third-order valence-electron chi connectivity index (χ3n) is 6.30. The van der Waals surface area contributed by atoms with Crippen LogP contribution in [0.3, 0.4) is 0 Å². The maximum atomic E-state index is 11.9. The van der Waals surface area contributed by atoms with Crippen LogP contribution in [0.4, 0.5) is 28.4 Å². The van der Waals surface area contributed by atoms with Crippen molar-refractivity contribution in [3.05, 3.63) is 84.9 Å². The van der Waals surface area contributed by atoms with E-state index in [0.29, 0.717) is 27.5 Å². The molecule has 0 aliphatic heterocycles. The van der Waals surface area contributed by atoms with E-state index in [-0.39, 0.29) is 27.3 Å². The highest BCUT2D eigenvalue weighted by atomic mass is 32.2. The van der Waals surface area contributed by atoms with Crippen molar-refractivity contribution >= 4 is 80.3 Å². The molecule has 5 rings (SSSR count). The van der Waals surface area contributed by atoms with E-state index < -0.39 is 40.1 Å². The number of fused-ring (bicyclic) bond motifs is 2. The lowest BCUT2D eigenvalue weighted by Gasteiger charge is -2.16. The average molecular weight is 644 g/mol. The molecule has 5 aromatic carbocycles. The first-order valence-electron chi connectivity index (χ1n) is 12.0. The lowest BCUT2D eigenvalue weighted by atomic mass is 10.1. The van der Waals surface area contributed by atoms with E-state index in [0.717, 1.165) is 6.07 Å². The first kappa shape index (κ1) is 29.8. The van der Waals surface area contributed by atoms with Gasteiger partial charge in [-0.2, -0.15) is 30.4 Å². The van der Waals surface area contributed by atoms with Crippen molar-refractivity contribution in [3.63, 3.8) is 0 Å². The molecular weight excluding hydrogens is 623 g/mol. The van der Waals surface area contributed by atoms with Crippen LogP contribution < -0.4 is 16.6 Å². The third-order valence-corrected chi connectivity index (χ3v) is 8.85. The quantitative estimate of drug-likeness (QED) is 0.0556. The van der Waals surface area contributed by atoms with Gasteiger partial charge < -0.3 is 16.6 Å². The molecule has 7 N–H and O–H groups in total. The largest absolute Gasteiger partial charge is 0.398 e. The Balaban J connectivity index is 1.55. The van der Waals surface area contributed by atoms with Gasteiger partial charge in [0.2, 0.25) is 0 Å². The van der Waals surface area contributed by atoms with Gasteiger partial charge in [0, 0.05) is 27.2 Å². The molecule has 0 fully saturated rings. The molecule has 0 bridgehead atoms. The van der Waals surface area contributed by atoms with Crippen molar-refractivity contribution in [2.24, 2.45) is 10.2 Å². The van der Waals surface area contributed by atoms with Gasteiger partial charge in [0.15, 0.2) is 0 Å². The molecule has 0 radical (unpaired) electrons. The first-order valence-corrected chi connectivity index (χ1v) is 16.3. The predicted molar refractivity (Wildman–Crippen MR) is 160 cm³/mol. The number of nitrogens with zero attached hydrogens (tertiary/aromatic N) is 2. The smallest absolute Gasteiger partial charge is 0.294 e. The van der Waals surface area contributed by atoms with Crippen LogP contribution in [0.25, 0.3) is 21.5 Å². The minimum Gasteiger partial charge on any atom is -0.398 e. The molecule has 0 unspecified atom stereocenters. The van der Waals surface area contributed by atoms with Crippen LogP contribution in [0, 0.1) is 0 Å². The second kappa shape index (κ2) is 10.9. The number of anilines is 3. The molecule has 0 amide bonds. The van der Waals surface area contributed by atoms with E-state index in [2.05, 4.69) is 21.1 Å². The van der Waals surface area contributed by atoms with Gasteiger partial charge >= 0.3 is 0 Å². The lowest BCUT2D eigenvalue weighted by Crippen LogP contribution is -2.10. The fourth-order valence-corrected chi connectivity index (χ4v) is 5.77. The highest BCUT2D eigenvalue weighted by Crippen LogP contribution is 2.36. The van der Waals surface area contributed by atoms with Gasteiger partial charge in [-0.3, -0.25) is 13.7 Å². The Kier molecular flexibility index (Phi) is 7.55. The third kappa shape index (κ3) is 6.41.